The molecule has 2 rings (SSSR count). The monoisotopic (exact) mass is 195 g/mol. The average molecular weight is 195 g/mol. The molecule has 0 aromatic rings. The summed E-state index contributed by atoms with van der Waals surface area (Å²) >= 11 is 0. The molecular weight excluding hydrogens is 170 g/mol. The maximum atomic E-state index is 3.89. The second-order valence-electron chi connectivity index (χ2n) is 5.48. The maximum Gasteiger partial charge on any atom is 0.00952 e. The quantitative estimate of drug-likeness (QED) is 0.725. The van der Waals surface area contributed by atoms with Gasteiger partial charge in [0.1, 0.15) is 0 Å². The number of nitrogens with one attached hydrogen (secondary N) is 1. The van der Waals surface area contributed by atoms with E-state index in [4.69, 9.17) is 0 Å². The Kier molecular flexibility index (Phi) is 3.48. The molecule has 2 aliphatic carbocycles. The molecule has 1 nitrogen and oxygen atoms in total. The predicted molar refractivity (Wildman–Crippen MR) is 61.4 cm³/mol. The van der Waals surface area contributed by atoms with Crippen molar-refractivity contribution in [2.75, 3.05) is 0 Å². The molecule has 2 fully saturated rings. The third-order valence-corrected chi connectivity index (χ3v) is 4.10. The molecule has 1 N–H and O–H groups in total. The van der Waals surface area contributed by atoms with E-state index < -0.39 is 0 Å². The molecule has 0 aromatic heterocycles. The second kappa shape index (κ2) is 4.65. The summed E-state index contributed by atoms with van der Waals surface area (Å²) < 4.78 is 0. The SMILES string of the molecule is CCC(NC1CCC(C)CC1)C1CC1. The molecule has 1 atom stereocenters. The summed E-state index contributed by atoms with van der Waals surface area (Å²) in [6.45, 7) is 4.73. The first kappa shape index (κ1) is 10.5. The van der Waals surface area contributed by atoms with Crippen LogP contribution in [-0.4, -0.2) is 12.1 Å². The Morgan fingerprint density at radius 1 is 1.07 bits per heavy atom. The van der Waals surface area contributed by atoms with Gasteiger partial charge in [-0.1, -0.05) is 13.8 Å². The molecule has 0 radical (unpaired) electrons. The van der Waals surface area contributed by atoms with Crippen molar-refractivity contribution >= 4 is 0 Å². The third kappa shape index (κ3) is 2.73. The number of hydrogen-bond acceptors (Lipinski definition) is 1. The minimum absolute atomic E-state index is 0.841. The van der Waals surface area contributed by atoms with Crippen LogP contribution in [0.3, 0.4) is 0 Å². The highest BCUT2D eigenvalue weighted by Crippen LogP contribution is 2.35. The standard InChI is InChI=1S/C13H25N/c1-3-13(11-6-7-11)14-12-8-4-10(2)5-9-12/h10-14H,3-9H2,1-2H3. The zero-order chi connectivity index (χ0) is 9.97. The average Bonchev–Trinajstić information content (AvgIpc) is 3.01. The highest BCUT2D eigenvalue weighted by molar-refractivity contribution is 4.88. The summed E-state index contributed by atoms with van der Waals surface area (Å²) in [6, 6.07) is 1.69. The van der Waals surface area contributed by atoms with E-state index in [0.29, 0.717) is 0 Å². The minimum atomic E-state index is 0.841. The Bertz CT molecular complexity index is 166. The zero-order valence-electron chi connectivity index (χ0n) is 9.76. The summed E-state index contributed by atoms with van der Waals surface area (Å²) in [6.07, 6.45) is 10.0. The van der Waals surface area contributed by atoms with Gasteiger partial charge in [-0.3, -0.25) is 0 Å². The lowest BCUT2D eigenvalue weighted by molar-refractivity contribution is 0.273. The summed E-state index contributed by atoms with van der Waals surface area (Å²) in [4.78, 5) is 0. The normalized spacial score (nSPS) is 35.6. The molecule has 2 aliphatic rings. The fourth-order valence-corrected chi connectivity index (χ4v) is 2.82. The second-order valence-corrected chi connectivity index (χ2v) is 5.48. The highest BCUT2D eigenvalue weighted by atomic mass is 15.0. The Morgan fingerprint density at radius 3 is 2.21 bits per heavy atom. The van der Waals surface area contributed by atoms with Gasteiger partial charge in [-0.25, -0.2) is 0 Å². The molecule has 0 amide bonds. The van der Waals surface area contributed by atoms with Crippen LogP contribution in [0.15, 0.2) is 0 Å². The van der Waals surface area contributed by atoms with E-state index in [2.05, 4.69) is 19.2 Å². The highest BCUT2D eigenvalue weighted by Gasteiger charge is 2.31. The summed E-state index contributed by atoms with van der Waals surface area (Å²) in [5, 5.41) is 3.89. The van der Waals surface area contributed by atoms with Crippen molar-refractivity contribution < 1.29 is 0 Å². The van der Waals surface area contributed by atoms with Gasteiger partial charge in [0.15, 0.2) is 0 Å². The molecule has 1 unspecified atom stereocenters. The third-order valence-electron chi connectivity index (χ3n) is 4.10. The molecule has 2 saturated carbocycles. The Balaban J connectivity index is 1.72. The van der Waals surface area contributed by atoms with Crippen LogP contribution >= 0.6 is 0 Å². The van der Waals surface area contributed by atoms with Crippen LogP contribution in [-0.2, 0) is 0 Å². The van der Waals surface area contributed by atoms with Gasteiger partial charge in [0.2, 0.25) is 0 Å². The Labute approximate surface area is 88.7 Å². The van der Waals surface area contributed by atoms with E-state index in [1.54, 1.807) is 0 Å². The van der Waals surface area contributed by atoms with Gasteiger partial charge in [-0.05, 0) is 56.8 Å². The molecule has 0 aromatic carbocycles. The molecule has 14 heavy (non-hydrogen) atoms. The van der Waals surface area contributed by atoms with Crippen LogP contribution in [0, 0.1) is 11.8 Å². The van der Waals surface area contributed by atoms with Crippen LogP contribution in [0.4, 0.5) is 0 Å². The largest absolute Gasteiger partial charge is 0.311 e. The van der Waals surface area contributed by atoms with Crippen molar-refractivity contribution in [2.45, 2.75) is 70.9 Å². The van der Waals surface area contributed by atoms with Gasteiger partial charge >= 0.3 is 0 Å². The minimum Gasteiger partial charge on any atom is -0.311 e. The smallest absolute Gasteiger partial charge is 0.00952 e. The van der Waals surface area contributed by atoms with E-state index in [9.17, 15) is 0 Å². The molecular formula is C13H25N. The summed E-state index contributed by atoms with van der Waals surface area (Å²) in [7, 11) is 0. The lowest BCUT2D eigenvalue weighted by Gasteiger charge is -2.30. The van der Waals surface area contributed by atoms with Crippen molar-refractivity contribution in [1.29, 1.82) is 0 Å². The number of hydrogen-bond donors (Lipinski definition) is 1. The van der Waals surface area contributed by atoms with E-state index >= 15 is 0 Å². The van der Waals surface area contributed by atoms with Gasteiger partial charge in [-0.15, -0.1) is 0 Å². The van der Waals surface area contributed by atoms with Gasteiger partial charge in [0.05, 0.1) is 0 Å². The van der Waals surface area contributed by atoms with E-state index in [0.717, 1.165) is 23.9 Å². The molecule has 0 bridgehead atoms. The van der Waals surface area contributed by atoms with Crippen LogP contribution in [0.25, 0.3) is 0 Å². The van der Waals surface area contributed by atoms with Crippen LogP contribution in [0.2, 0.25) is 0 Å². The van der Waals surface area contributed by atoms with Gasteiger partial charge in [0.25, 0.3) is 0 Å². The van der Waals surface area contributed by atoms with E-state index in [1.807, 2.05) is 0 Å². The molecule has 1 heteroatoms. The predicted octanol–water partition coefficient (Wildman–Crippen LogP) is 3.34. The van der Waals surface area contributed by atoms with Crippen molar-refractivity contribution in [3.8, 4) is 0 Å². The molecule has 0 spiro atoms. The Morgan fingerprint density at radius 2 is 1.71 bits per heavy atom. The van der Waals surface area contributed by atoms with E-state index in [-0.39, 0.29) is 0 Å². The first-order valence-electron chi connectivity index (χ1n) is 6.55. The first-order valence-corrected chi connectivity index (χ1v) is 6.55. The number of rotatable bonds is 4. The van der Waals surface area contributed by atoms with Crippen molar-refractivity contribution in [2.24, 2.45) is 11.8 Å². The summed E-state index contributed by atoms with van der Waals surface area (Å²) in [5.74, 6) is 2.01. The topological polar surface area (TPSA) is 12.0 Å². The van der Waals surface area contributed by atoms with Gasteiger partial charge in [0, 0.05) is 12.1 Å². The van der Waals surface area contributed by atoms with Gasteiger partial charge in [-0.2, -0.15) is 0 Å². The molecule has 0 aliphatic heterocycles. The maximum absolute atomic E-state index is 3.89. The first-order chi connectivity index (χ1) is 6.79. The van der Waals surface area contributed by atoms with Crippen LogP contribution in [0.1, 0.15) is 58.8 Å². The zero-order valence-corrected chi connectivity index (χ0v) is 9.76. The van der Waals surface area contributed by atoms with Crippen LogP contribution < -0.4 is 5.32 Å². The fraction of sp³-hybridized carbons (Fsp3) is 1.00. The van der Waals surface area contributed by atoms with Gasteiger partial charge < -0.3 is 5.32 Å². The molecule has 0 heterocycles. The van der Waals surface area contributed by atoms with Crippen molar-refractivity contribution in [1.82, 2.24) is 5.32 Å². The van der Waals surface area contributed by atoms with E-state index in [1.165, 1.54) is 44.9 Å². The molecule has 0 saturated heterocycles. The van der Waals surface area contributed by atoms with Crippen molar-refractivity contribution in [3.05, 3.63) is 0 Å². The molecule has 82 valence electrons. The fourth-order valence-electron chi connectivity index (χ4n) is 2.82. The lowest BCUT2D eigenvalue weighted by atomic mass is 9.87. The summed E-state index contributed by atoms with van der Waals surface area (Å²) in [5.41, 5.74) is 0. The Hall–Kier alpha value is -0.0400. The van der Waals surface area contributed by atoms with Crippen LogP contribution in [0.5, 0.6) is 0 Å². The van der Waals surface area contributed by atoms with Crippen molar-refractivity contribution in [3.63, 3.8) is 0 Å². The lowest BCUT2D eigenvalue weighted by Crippen LogP contribution is -2.41.